The smallest absolute Gasteiger partial charge is 0.130 e. The minimum atomic E-state index is -0.498. The Morgan fingerprint density at radius 1 is 1.19 bits per heavy atom. The fraction of sp³-hybridized carbons (Fsp3) is 0.647. The van der Waals surface area contributed by atoms with Crippen molar-refractivity contribution in [3.8, 4) is 0 Å². The van der Waals surface area contributed by atoms with Gasteiger partial charge in [-0.2, -0.15) is 0 Å². The third-order valence-corrected chi connectivity index (χ3v) is 4.94. The van der Waals surface area contributed by atoms with E-state index in [9.17, 15) is 8.78 Å². The van der Waals surface area contributed by atoms with Gasteiger partial charge in [0.25, 0.3) is 0 Å². The third kappa shape index (κ3) is 3.27. The summed E-state index contributed by atoms with van der Waals surface area (Å²) < 4.78 is 26.8. The maximum atomic E-state index is 13.8. The number of piperidine rings is 1. The van der Waals surface area contributed by atoms with Crippen LogP contribution in [0.3, 0.4) is 0 Å². The van der Waals surface area contributed by atoms with Crippen molar-refractivity contribution in [3.05, 3.63) is 35.4 Å². The summed E-state index contributed by atoms with van der Waals surface area (Å²) >= 11 is 0. The quantitative estimate of drug-likeness (QED) is 0.894. The molecule has 2 heterocycles. The van der Waals surface area contributed by atoms with E-state index in [0.717, 1.165) is 31.9 Å². The molecule has 0 amide bonds. The number of nitrogens with one attached hydrogen (secondary N) is 1. The zero-order chi connectivity index (χ0) is 14.8. The largest absolute Gasteiger partial charge is 0.314 e. The van der Waals surface area contributed by atoms with E-state index < -0.39 is 11.6 Å². The molecule has 2 saturated heterocycles. The Morgan fingerprint density at radius 3 is 2.52 bits per heavy atom. The molecule has 2 bridgehead atoms. The molecular weight excluding hydrogens is 270 g/mol. The summed E-state index contributed by atoms with van der Waals surface area (Å²) in [5, 5.41) is 3.63. The van der Waals surface area contributed by atoms with Crippen LogP contribution in [0.4, 0.5) is 8.78 Å². The van der Waals surface area contributed by atoms with Gasteiger partial charge in [-0.15, -0.1) is 0 Å². The van der Waals surface area contributed by atoms with Crippen LogP contribution in [0.1, 0.15) is 44.6 Å². The highest BCUT2D eigenvalue weighted by Gasteiger charge is 2.40. The van der Waals surface area contributed by atoms with Gasteiger partial charge in [-0.1, -0.05) is 13.0 Å². The fourth-order valence-corrected chi connectivity index (χ4v) is 3.89. The van der Waals surface area contributed by atoms with E-state index in [4.69, 9.17) is 0 Å². The second-order valence-corrected chi connectivity index (χ2v) is 6.42. The Labute approximate surface area is 125 Å². The zero-order valence-corrected chi connectivity index (χ0v) is 12.6. The first-order valence-corrected chi connectivity index (χ1v) is 8.10. The zero-order valence-electron chi connectivity index (χ0n) is 12.6. The van der Waals surface area contributed by atoms with Crippen molar-refractivity contribution < 1.29 is 8.78 Å². The summed E-state index contributed by atoms with van der Waals surface area (Å²) in [6.45, 7) is 3.88. The highest BCUT2D eigenvalue weighted by molar-refractivity contribution is 5.19. The van der Waals surface area contributed by atoms with Crippen LogP contribution in [-0.2, 0) is 6.54 Å². The molecule has 116 valence electrons. The Bertz CT molecular complexity index is 478. The lowest BCUT2D eigenvalue weighted by molar-refractivity contribution is 0.108. The number of benzene rings is 1. The molecule has 1 N–H and O–H groups in total. The first kappa shape index (κ1) is 14.9. The van der Waals surface area contributed by atoms with Gasteiger partial charge in [0.05, 0.1) is 0 Å². The van der Waals surface area contributed by atoms with Crippen molar-refractivity contribution in [1.29, 1.82) is 0 Å². The minimum Gasteiger partial charge on any atom is -0.314 e. The molecule has 2 nitrogen and oxygen atoms in total. The van der Waals surface area contributed by atoms with E-state index in [1.54, 1.807) is 6.07 Å². The lowest BCUT2D eigenvalue weighted by Crippen LogP contribution is -2.48. The molecule has 0 aromatic heterocycles. The summed E-state index contributed by atoms with van der Waals surface area (Å²) in [5.74, 6) is -0.915. The Kier molecular flexibility index (Phi) is 4.55. The van der Waals surface area contributed by atoms with Crippen LogP contribution in [0.15, 0.2) is 18.2 Å². The second-order valence-electron chi connectivity index (χ2n) is 6.42. The second kappa shape index (κ2) is 6.41. The molecule has 2 aliphatic rings. The van der Waals surface area contributed by atoms with Crippen LogP contribution in [0.2, 0.25) is 0 Å². The van der Waals surface area contributed by atoms with Gasteiger partial charge in [-0.25, -0.2) is 8.78 Å². The summed E-state index contributed by atoms with van der Waals surface area (Å²) in [6.07, 6.45) is 5.88. The van der Waals surface area contributed by atoms with Gasteiger partial charge < -0.3 is 5.32 Å². The van der Waals surface area contributed by atoms with Crippen LogP contribution < -0.4 is 5.32 Å². The van der Waals surface area contributed by atoms with Gasteiger partial charge in [0.2, 0.25) is 0 Å². The molecule has 21 heavy (non-hydrogen) atoms. The molecular formula is C17H24F2N2. The van der Waals surface area contributed by atoms with Gasteiger partial charge in [0.15, 0.2) is 0 Å². The highest BCUT2D eigenvalue weighted by atomic mass is 19.1. The topological polar surface area (TPSA) is 15.3 Å². The summed E-state index contributed by atoms with van der Waals surface area (Å²) in [7, 11) is 0. The molecule has 2 atom stereocenters. The molecule has 0 radical (unpaired) electrons. The van der Waals surface area contributed by atoms with E-state index >= 15 is 0 Å². The van der Waals surface area contributed by atoms with E-state index in [2.05, 4.69) is 17.1 Å². The molecule has 0 saturated carbocycles. The summed E-state index contributed by atoms with van der Waals surface area (Å²) in [4.78, 5) is 2.43. The van der Waals surface area contributed by atoms with Crippen molar-refractivity contribution in [3.63, 3.8) is 0 Å². The van der Waals surface area contributed by atoms with E-state index in [0.29, 0.717) is 30.2 Å². The molecule has 2 unspecified atom stereocenters. The maximum absolute atomic E-state index is 13.8. The molecule has 2 fully saturated rings. The number of hydrogen-bond donors (Lipinski definition) is 1. The molecule has 1 aromatic carbocycles. The number of nitrogens with zero attached hydrogens (tertiary/aromatic N) is 1. The normalized spacial score (nSPS) is 29.0. The highest BCUT2D eigenvalue weighted by Crippen LogP contribution is 2.37. The first-order valence-electron chi connectivity index (χ1n) is 8.10. The third-order valence-electron chi connectivity index (χ3n) is 4.94. The molecule has 2 aliphatic heterocycles. The van der Waals surface area contributed by atoms with Crippen molar-refractivity contribution in [1.82, 2.24) is 10.2 Å². The predicted molar refractivity (Wildman–Crippen MR) is 80.0 cm³/mol. The molecule has 4 heteroatoms. The predicted octanol–water partition coefficient (Wildman–Crippen LogP) is 3.46. The lowest BCUT2D eigenvalue weighted by Gasteiger charge is -2.39. The average molecular weight is 294 g/mol. The number of halogens is 2. The van der Waals surface area contributed by atoms with Crippen LogP contribution in [0.5, 0.6) is 0 Å². The number of fused-ring (bicyclic) bond motifs is 2. The van der Waals surface area contributed by atoms with E-state index in [-0.39, 0.29) is 0 Å². The molecule has 1 aromatic rings. The SMILES string of the molecule is CCCNC1CC2CCC(C1)N2Cc1ccc(F)cc1F. The van der Waals surface area contributed by atoms with Crippen LogP contribution >= 0.6 is 0 Å². The van der Waals surface area contributed by atoms with E-state index in [1.807, 2.05) is 0 Å². The first-order chi connectivity index (χ1) is 10.2. The average Bonchev–Trinajstić information content (AvgIpc) is 2.70. The lowest BCUT2D eigenvalue weighted by atomic mass is 9.96. The standard InChI is InChI=1S/C17H24F2N2/c1-2-7-20-14-9-15-5-6-16(10-14)21(15)11-12-3-4-13(18)8-17(12)19/h3-4,8,14-16,20H,2,5-7,9-11H2,1H3. The van der Waals surface area contributed by atoms with Crippen LogP contribution in [-0.4, -0.2) is 29.6 Å². The van der Waals surface area contributed by atoms with Crippen molar-refractivity contribution in [2.75, 3.05) is 6.54 Å². The number of rotatable bonds is 5. The maximum Gasteiger partial charge on any atom is 0.130 e. The Hall–Kier alpha value is -1.00. The Balaban J connectivity index is 1.65. The minimum absolute atomic E-state index is 0.416. The van der Waals surface area contributed by atoms with Crippen molar-refractivity contribution in [2.24, 2.45) is 0 Å². The molecule has 3 rings (SSSR count). The fourth-order valence-electron chi connectivity index (χ4n) is 3.89. The van der Waals surface area contributed by atoms with Gasteiger partial charge >= 0.3 is 0 Å². The monoisotopic (exact) mass is 294 g/mol. The van der Waals surface area contributed by atoms with E-state index in [1.165, 1.54) is 18.9 Å². The molecule has 0 spiro atoms. The van der Waals surface area contributed by atoms with Crippen molar-refractivity contribution in [2.45, 2.75) is 63.7 Å². The Morgan fingerprint density at radius 2 is 1.90 bits per heavy atom. The summed E-state index contributed by atoms with van der Waals surface area (Å²) in [5.41, 5.74) is 0.619. The van der Waals surface area contributed by atoms with Crippen LogP contribution in [0, 0.1) is 11.6 Å². The van der Waals surface area contributed by atoms with Crippen LogP contribution in [0.25, 0.3) is 0 Å². The van der Waals surface area contributed by atoms with Gasteiger partial charge in [-0.3, -0.25) is 4.90 Å². The number of hydrogen-bond acceptors (Lipinski definition) is 2. The van der Waals surface area contributed by atoms with Crippen molar-refractivity contribution >= 4 is 0 Å². The van der Waals surface area contributed by atoms with Gasteiger partial charge in [-0.05, 0) is 44.7 Å². The summed E-state index contributed by atoms with van der Waals surface area (Å²) in [6, 6.07) is 5.63. The van der Waals surface area contributed by atoms with Gasteiger partial charge in [0, 0.05) is 36.3 Å². The van der Waals surface area contributed by atoms with Gasteiger partial charge in [0.1, 0.15) is 11.6 Å². The molecule has 0 aliphatic carbocycles.